The summed E-state index contributed by atoms with van der Waals surface area (Å²) in [5.41, 5.74) is 3.14. The van der Waals surface area contributed by atoms with Crippen molar-refractivity contribution in [3.63, 3.8) is 0 Å². The highest BCUT2D eigenvalue weighted by Gasteiger charge is 2.36. The number of carbonyl (C=O) groups is 2. The summed E-state index contributed by atoms with van der Waals surface area (Å²) in [5, 5.41) is 9.54. The van der Waals surface area contributed by atoms with Crippen LogP contribution in [0.5, 0.6) is 6.01 Å². The van der Waals surface area contributed by atoms with E-state index in [9.17, 15) is 19.2 Å². The number of likely N-dealkylation sites (N-methyl/N-ethyl adjacent to an activating group) is 1. The summed E-state index contributed by atoms with van der Waals surface area (Å²) in [5.74, 6) is -1.93. The lowest BCUT2D eigenvalue weighted by atomic mass is 9.99. The van der Waals surface area contributed by atoms with Gasteiger partial charge in [0.05, 0.1) is 47.2 Å². The van der Waals surface area contributed by atoms with Crippen molar-refractivity contribution in [2.24, 2.45) is 0 Å². The highest BCUT2D eigenvalue weighted by Crippen LogP contribution is 2.43. The highest BCUT2D eigenvalue weighted by atomic mass is 35.5. The van der Waals surface area contributed by atoms with Gasteiger partial charge < -0.3 is 29.2 Å². The molecule has 2 aromatic rings. The largest absolute Gasteiger partial charge is 0.462 e. The first-order valence-electron chi connectivity index (χ1n) is 16.1. The first-order chi connectivity index (χ1) is 22.6. The lowest BCUT2D eigenvalue weighted by Gasteiger charge is -2.41. The topological polar surface area (TPSA) is 109 Å². The summed E-state index contributed by atoms with van der Waals surface area (Å²) < 4.78 is 36.1. The third kappa shape index (κ3) is 6.45. The quantitative estimate of drug-likeness (QED) is 0.404. The maximum absolute atomic E-state index is 16.0. The zero-order valence-electron chi connectivity index (χ0n) is 26.8. The van der Waals surface area contributed by atoms with Crippen LogP contribution in [0.1, 0.15) is 48.9 Å². The van der Waals surface area contributed by atoms with Crippen molar-refractivity contribution in [2.45, 2.75) is 63.6 Å². The minimum atomic E-state index is -1.06. The predicted octanol–water partition coefficient (Wildman–Crippen LogP) is 4.02. The number of hydrogen-bond acceptors (Lipinski definition) is 9. The number of fused-ring (bicyclic) bond motifs is 2. The number of nitriles is 1. The molecule has 47 heavy (non-hydrogen) atoms. The lowest BCUT2D eigenvalue weighted by Crippen LogP contribution is -2.55. The SMILES string of the molecule is C=C(F)C(=O)N1CCN(c2nc(OC[C@@H]3CCCN3C)nc3c2CCCN(c2c(F)c(Cl)cc4c2N(C)C(=O)CC4)C3)C[C@@H]1CC#N. The fourth-order valence-corrected chi connectivity index (χ4v) is 7.48. The molecule has 14 heteroatoms. The Morgan fingerprint density at radius 3 is 2.64 bits per heavy atom. The van der Waals surface area contributed by atoms with E-state index in [4.69, 9.17) is 26.3 Å². The molecule has 2 saturated heterocycles. The van der Waals surface area contributed by atoms with Gasteiger partial charge in [-0.25, -0.2) is 8.78 Å². The molecule has 0 saturated carbocycles. The fraction of sp³-hybridized carbons (Fsp3) is 0.545. The molecule has 0 aliphatic carbocycles. The minimum Gasteiger partial charge on any atom is -0.462 e. The van der Waals surface area contributed by atoms with E-state index in [1.807, 2.05) is 9.80 Å². The summed E-state index contributed by atoms with van der Waals surface area (Å²) >= 11 is 6.41. The van der Waals surface area contributed by atoms with E-state index in [1.54, 1.807) is 13.1 Å². The maximum atomic E-state index is 16.0. The Kier molecular flexibility index (Phi) is 9.53. The number of aromatic nitrogens is 2. The molecule has 0 N–H and O–H groups in total. The molecule has 1 aromatic heterocycles. The summed E-state index contributed by atoms with van der Waals surface area (Å²) in [6.45, 7) is 6.04. The standard InChI is InChI=1S/C33H39ClF2N8O3/c1-20(35)32(46)44-15-14-43(17-22(44)10-11-37)31-24-7-5-13-42(18-26(24)38-33(39-31)47-19-23-6-4-12-40(23)2)30-28(36)25(34)16-21-8-9-27(45)41(3)29(21)30/h16,22-23H,1,4-10,12-15,17-19H2,2-3H3/t22-,23-/m0/s1. The fourth-order valence-electron chi connectivity index (χ4n) is 7.26. The van der Waals surface area contributed by atoms with Gasteiger partial charge in [0.1, 0.15) is 12.4 Å². The number of carbonyl (C=O) groups excluding carboxylic acids is 2. The van der Waals surface area contributed by atoms with Crippen molar-refractivity contribution >= 4 is 40.6 Å². The van der Waals surface area contributed by atoms with E-state index >= 15 is 4.39 Å². The van der Waals surface area contributed by atoms with Gasteiger partial charge in [-0.2, -0.15) is 15.2 Å². The highest BCUT2D eigenvalue weighted by molar-refractivity contribution is 6.31. The molecule has 2 amide bonds. The third-order valence-electron chi connectivity index (χ3n) is 9.81. The van der Waals surface area contributed by atoms with Gasteiger partial charge in [0.25, 0.3) is 5.91 Å². The number of aryl methyl sites for hydroxylation is 1. The average Bonchev–Trinajstić information content (AvgIpc) is 3.34. The van der Waals surface area contributed by atoms with Gasteiger partial charge in [0, 0.05) is 51.3 Å². The lowest BCUT2D eigenvalue weighted by molar-refractivity contribution is -0.131. The number of piperazine rings is 1. The summed E-state index contributed by atoms with van der Waals surface area (Å²) in [4.78, 5) is 44.1. The molecule has 5 heterocycles. The van der Waals surface area contributed by atoms with E-state index in [0.717, 1.165) is 30.5 Å². The first kappa shape index (κ1) is 32.9. The zero-order chi connectivity index (χ0) is 33.4. The van der Waals surface area contributed by atoms with Crippen LogP contribution in [0.4, 0.5) is 26.0 Å². The number of nitrogens with zero attached hydrogens (tertiary/aromatic N) is 8. The molecule has 4 aliphatic rings. The molecular formula is C33H39ClF2N8O3. The van der Waals surface area contributed by atoms with E-state index in [0.29, 0.717) is 62.6 Å². The zero-order valence-corrected chi connectivity index (χ0v) is 27.5. The van der Waals surface area contributed by atoms with Crippen LogP contribution in [-0.4, -0.2) is 97.1 Å². The smallest absolute Gasteiger partial charge is 0.318 e. The van der Waals surface area contributed by atoms with Crippen LogP contribution < -0.4 is 19.4 Å². The Hall–Kier alpha value is -4.02. The Morgan fingerprint density at radius 1 is 1.11 bits per heavy atom. The van der Waals surface area contributed by atoms with Crippen molar-refractivity contribution in [3.8, 4) is 12.1 Å². The van der Waals surface area contributed by atoms with Gasteiger partial charge in [-0.15, -0.1) is 0 Å². The second-order valence-electron chi connectivity index (χ2n) is 12.7. The van der Waals surface area contributed by atoms with Gasteiger partial charge in [-0.3, -0.25) is 9.59 Å². The van der Waals surface area contributed by atoms with Crippen molar-refractivity contribution in [1.82, 2.24) is 19.8 Å². The van der Waals surface area contributed by atoms with Crippen LogP contribution in [0.3, 0.4) is 0 Å². The number of likely N-dealkylation sites (tertiary alicyclic amines) is 1. The van der Waals surface area contributed by atoms with E-state index in [-0.39, 0.29) is 54.7 Å². The Bertz CT molecular complexity index is 1630. The molecule has 4 aliphatic heterocycles. The second-order valence-corrected chi connectivity index (χ2v) is 13.1. The Balaban J connectivity index is 1.39. The monoisotopic (exact) mass is 668 g/mol. The van der Waals surface area contributed by atoms with Gasteiger partial charge in [0.2, 0.25) is 5.91 Å². The van der Waals surface area contributed by atoms with Crippen LogP contribution in [0.25, 0.3) is 0 Å². The van der Waals surface area contributed by atoms with Gasteiger partial charge in [-0.1, -0.05) is 18.2 Å². The van der Waals surface area contributed by atoms with E-state index < -0.39 is 23.6 Å². The second kappa shape index (κ2) is 13.6. The van der Waals surface area contributed by atoms with E-state index in [2.05, 4.69) is 24.6 Å². The third-order valence-corrected chi connectivity index (χ3v) is 10.1. The van der Waals surface area contributed by atoms with Crippen LogP contribution in [0.15, 0.2) is 18.5 Å². The van der Waals surface area contributed by atoms with Crippen LogP contribution in [0, 0.1) is 17.1 Å². The van der Waals surface area contributed by atoms with Crippen molar-refractivity contribution in [2.75, 3.05) is 68.1 Å². The summed E-state index contributed by atoms with van der Waals surface area (Å²) in [7, 11) is 3.72. The van der Waals surface area contributed by atoms with Gasteiger partial charge >= 0.3 is 6.01 Å². The molecule has 0 bridgehead atoms. The molecule has 1 aromatic carbocycles. The minimum absolute atomic E-state index is 0.00552. The molecule has 250 valence electrons. The summed E-state index contributed by atoms with van der Waals surface area (Å²) in [6, 6.07) is 3.57. The molecule has 0 unspecified atom stereocenters. The Labute approximate surface area is 278 Å². The van der Waals surface area contributed by atoms with Gasteiger partial charge in [0.15, 0.2) is 11.6 Å². The predicted molar refractivity (Wildman–Crippen MR) is 174 cm³/mol. The average molecular weight is 669 g/mol. The van der Waals surface area contributed by atoms with Crippen molar-refractivity contribution in [1.29, 1.82) is 5.26 Å². The number of anilines is 3. The van der Waals surface area contributed by atoms with Crippen LogP contribution >= 0.6 is 11.6 Å². The summed E-state index contributed by atoms with van der Waals surface area (Å²) in [6.07, 6.45) is 4.11. The molecular weight excluding hydrogens is 630 g/mol. The normalized spacial score (nSPS) is 21.7. The molecule has 6 rings (SSSR count). The number of halogens is 3. The molecule has 2 atom stereocenters. The van der Waals surface area contributed by atoms with Crippen molar-refractivity contribution < 1.29 is 23.1 Å². The number of benzene rings is 1. The number of hydrogen-bond donors (Lipinski definition) is 0. The number of amides is 2. The maximum Gasteiger partial charge on any atom is 0.318 e. The van der Waals surface area contributed by atoms with Crippen LogP contribution in [-0.2, 0) is 29.0 Å². The number of rotatable bonds is 7. The van der Waals surface area contributed by atoms with Crippen LogP contribution in [0.2, 0.25) is 5.02 Å². The number of ether oxygens (including phenoxy) is 1. The van der Waals surface area contributed by atoms with Gasteiger partial charge in [-0.05, 0) is 57.3 Å². The molecule has 2 fully saturated rings. The van der Waals surface area contributed by atoms with E-state index in [1.165, 1.54) is 9.80 Å². The Morgan fingerprint density at radius 2 is 1.91 bits per heavy atom. The first-order valence-corrected chi connectivity index (χ1v) is 16.5. The van der Waals surface area contributed by atoms with Crippen molar-refractivity contribution in [3.05, 3.63) is 46.1 Å². The molecule has 0 spiro atoms. The molecule has 0 radical (unpaired) electrons. The molecule has 11 nitrogen and oxygen atoms in total.